The highest BCUT2D eigenvalue weighted by atomic mass is 32.1. The fourth-order valence-electron chi connectivity index (χ4n) is 3.44. The Morgan fingerprint density at radius 2 is 1.00 bits per heavy atom. The van der Waals surface area contributed by atoms with Gasteiger partial charge in [-0.3, -0.25) is 0 Å². The molecule has 32 heavy (non-hydrogen) atoms. The van der Waals surface area contributed by atoms with Crippen molar-refractivity contribution in [1.29, 1.82) is 10.5 Å². The number of hydrogen-bond donors (Lipinski definition) is 0. The van der Waals surface area contributed by atoms with Crippen LogP contribution in [0.1, 0.15) is 9.75 Å². The van der Waals surface area contributed by atoms with Crippen molar-refractivity contribution in [1.82, 2.24) is 0 Å². The summed E-state index contributed by atoms with van der Waals surface area (Å²) in [5.41, 5.74) is 0.213. The van der Waals surface area contributed by atoms with Crippen molar-refractivity contribution in [3.63, 3.8) is 0 Å². The zero-order valence-electron chi connectivity index (χ0n) is 15.5. The minimum atomic E-state index is 0.107. The maximum atomic E-state index is 9.03. The fourth-order valence-corrected chi connectivity index (χ4v) is 12.2. The van der Waals surface area contributed by atoms with Crippen molar-refractivity contribution in [2.24, 2.45) is 0 Å². The molecule has 6 heterocycles. The lowest BCUT2D eigenvalue weighted by atomic mass is 10.3. The Hall–Kier alpha value is -3.06. The molecule has 6 rings (SSSR count). The van der Waals surface area contributed by atoms with E-state index in [2.05, 4.69) is 21.8 Å². The second-order valence-electron chi connectivity index (χ2n) is 6.57. The third-order valence-electron chi connectivity index (χ3n) is 4.74. The number of hydrogen-bond acceptors (Lipinski definition) is 8. The highest BCUT2D eigenvalue weighted by molar-refractivity contribution is 7.50. The Morgan fingerprint density at radius 1 is 0.625 bits per heavy atom. The topological polar surface area (TPSA) is 56.3 Å². The van der Waals surface area contributed by atoms with Crippen LogP contribution >= 0.6 is 68.0 Å². The normalized spacial score (nSPS) is 12.6. The first-order valence-corrected chi connectivity index (χ1v) is 13.7. The van der Waals surface area contributed by atoms with Crippen molar-refractivity contribution in [2.75, 3.05) is 0 Å². The third-order valence-corrected chi connectivity index (χ3v) is 12.9. The first-order valence-electron chi connectivity index (χ1n) is 8.85. The summed E-state index contributed by atoms with van der Waals surface area (Å²) in [5.74, 6) is 0. The number of nitrogens with zero attached hydrogens (tertiary/aromatic N) is 4. The highest BCUT2D eigenvalue weighted by Crippen LogP contribution is 2.55. The van der Waals surface area contributed by atoms with Crippen molar-refractivity contribution < 1.29 is 0 Å². The molecule has 0 aromatic carbocycles. The molecule has 0 saturated carbocycles. The number of rotatable bonds is 2. The largest absolute Gasteiger partial charge is 0.263 e. The first kappa shape index (κ1) is 19.6. The van der Waals surface area contributed by atoms with Gasteiger partial charge in [-0.25, -0.2) is 20.2 Å². The molecule has 0 N–H and O–H groups in total. The molecule has 0 fully saturated rings. The van der Waals surface area contributed by atoms with Crippen LogP contribution in [0.2, 0.25) is 0 Å². The van der Waals surface area contributed by atoms with Crippen LogP contribution in [0, 0.1) is 35.8 Å². The van der Waals surface area contributed by atoms with Gasteiger partial charge in [0.15, 0.2) is 0 Å². The lowest BCUT2D eigenvalue weighted by Gasteiger charge is -1.84. The van der Waals surface area contributed by atoms with Crippen LogP contribution in [0.3, 0.4) is 0 Å². The molecule has 0 unspecified atom stereocenters. The van der Waals surface area contributed by atoms with E-state index in [1.807, 2.05) is 34.8 Å². The van der Waals surface area contributed by atoms with Crippen molar-refractivity contribution in [3.05, 3.63) is 56.1 Å². The van der Waals surface area contributed by atoms with Gasteiger partial charge in [-0.2, -0.15) is 0 Å². The molecule has 0 aliphatic carbocycles. The van der Waals surface area contributed by atoms with E-state index in [9.17, 15) is 0 Å². The third kappa shape index (κ3) is 2.77. The summed E-state index contributed by atoms with van der Waals surface area (Å²) in [7, 11) is 0. The van der Waals surface area contributed by atoms with Gasteiger partial charge in [0.2, 0.25) is 0 Å². The molecule has 0 aliphatic heterocycles. The van der Waals surface area contributed by atoms with Gasteiger partial charge in [-0.15, -0.1) is 68.0 Å². The molecule has 0 bridgehead atoms. The molecule has 0 spiro atoms. The Labute approximate surface area is 204 Å². The predicted molar refractivity (Wildman–Crippen MR) is 142 cm³/mol. The summed E-state index contributed by atoms with van der Waals surface area (Å²) >= 11 is 10.5. The number of thiophene rings is 6. The molecule has 10 heteroatoms. The smallest absolute Gasteiger partial charge is 0.227 e. The van der Waals surface area contributed by atoms with E-state index in [0.29, 0.717) is 0 Å². The predicted octanol–water partition coefficient (Wildman–Crippen LogP) is 9.39. The maximum absolute atomic E-state index is 9.03. The quantitative estimate of drug-likeness (QED) is 0.170. The Bertz CT molecular complexity index is 1800. The van der Waals surface area contributed by atoms with E-state index in [1.54, 1.807) is 57.5 Å². The van der Waals surface area contributed by atoms with Crippen LogP contribution in [-0.2, 0) is 0 Å². The summed E-state index contributed by atoms with van der Waals surface area (Å²) in [5, 5.41) is 18.1. The van der Waals surface area contributed by atoms with Gasteiger partial charge in [0, 0.05) is 19.2 Å². The molecule has 6 aromatic heterocycles. The van der Waals surface area contributed by atoms with Gasteiger partial charge in [0.05, 0.1) is 62.9 Å². The Balaban J connectivity index is 1.53. The lowest BCUT2D eigenvalue weighted by molar-refractivity contribution is 1.51. The second-order valence-corrected chi connectivity index (χ2v) is 12.9. The van der Waals surface area contributed by atoms with Gasteiger partial charge in [-0.1, -0.05) is 0 Å². The van der Waals surface area contributed by atoms with Gasteiger partial charge in [0.1, 0.15) is 0 Å². The molecule has 0 radical (unpaired) electrons. The molecule has 0 amide bonds. The van der Waals surface area contributed by atoms with Gasteiger partial charge in [0.25, 0.3) is 11.4 Å². The summed E-state index contributed by atoms with van der Waals surface area (Å²) in [6.07, 6.45) is 3.32. The molecule has 148 valence electrons. The zero-order chi connectivity index (χ0) is 22.0. The SMILES string of the molecule is [C-]#[N+]/C(C#N)=C\c1cc2sc3c(sc4c5sc6cc(/C=C(\C#N)[N+]#[C-])sc6c5sc34)c2s1. The molecule has 6 aromatic rings. The van der Waals surface area contributed by atoms with Crippen LogP contribution in [-0.4, -0.2) is 0 Å². The molecule has 4 nitrogen and oxygen atoms in total. The van der Waals surface area contributed by atoms with E-state index < -0.39 is 0 Å². The van der Waals surface area contributed by atoms with Crippen molar-refractivity contribution in [3.8, 4) is 12.1 Å². The number of nitriles is 2. The second kappa shape index (κ2) is 7.24. The fraction of sp³-hybridized carbons (Fsp3) is 0. The summed E-state index contributed by atoms with van der Waals surface area (Å²) in [6.45, 7) is 14.2. The highest BCUT2D eigenvalue weighted by Gasteiger charge is 2.21. The molecule has 0 aliphatic rings. The average Bonchev–Trinajstić information content (AvgIpc) is 3.58. The summed E-state index contributed by atoms with van der Waals surface area (Å²) in [6, 6.07) is 8.01. The van der Waals surface area contributed by atoms with Gasteiger partial charge >= 0.3 is 0 Å². The lowest BCUT2D eigenvalue weighted by Crippen LogP contribution is -1.65. The monoisotopic (exact) mass is 516 g/mol. The van der Waals surface area contributed by atoms with E-state index in [4.69, 9.17) is 23.7 Å². The van der Waals surface area contributed by atoms with Crippen LogP contribution in [0.4, 0.5) is 0 Å². The maximum Gasteiger partial charge on any atom is 0.263 e. The first-order chi connectivity index (χ1) is 15.6. The van der Waals surface area contributed by atoms with Gasteiger partial charge < -0.3 is 0 Å². The van der Waals surface area contributed by atoms with E-state index in [0.717, 1.165) is 9.75 Å². The summed E-state index contributed by atoms with van der Waals surface area (Å²) < 4.78 is 12.7. The van der Waals surface area contributed by atoms with Crippen molar-refractivity contribution in [2.45, 2.75) is 0 Å². The van der Waals surface area contributed by atoms with Crippen LogP contribution < -0.4 is 0 Å². The minimum absolute atomic E-state index is 0.107. The van der Waals surface area contributed by atoms with Gasteiger partial charge in [-0.05, 0) is 24.3 Å². The van der Waals surface area contributed by atoms with E-state index in [-0.39, 0.29) is 11.4 Å². The summed E-state index contributed by atoms with van der Waals surface area (Å²) in [4.78, 5) is 8.40. The van der Waals surface area contributed by atoms with E-state index in [1.165, 1.54) is 47.0 Å². The number of fused-ring (bicyclic) bond motifs is 9. The molecular formula is C22H4N4S6. The van der Waals surface area contributed by atoms with Crippen LogP contribution in [0.15, 0.2) is 23.5 Å². The Morgan fingerprint density at radius 3 is 1.38 bits per heavy atom. The number of allylic oxidation sites excluding steroid dienone is 2. The standard InChI is InChI=1S/C22H4N4S6/c1-25-9(7-23)3-11-5-13-15(27-11)17-19(29-13)21-22(31-17)20-18(32-21)16-14(30-20)6-12(28-16)4-10(8-24)26-2/h3-6H/b9-3-,10-4+. The molecule has 0 atom stereocenters. The van der Waals surface area contributed by atoms with Crippen LogP contribution in [0.25, 0.3) is 68.8 Å². The van der Waals surface area contributed by atoms with E-state index >= 15 is 0 Å². The molecular weight excluding hydrogens is 513 g/mol. The minimum Gasteiger partial charge on any atom is -0.227 e. The molecule has 0 saturated heterocycles. The zero-order valence-corrected chi connectivity index (χ0v) is 20.4. The van der Waals surface area contributed by atoms with Crippen LogP contribution in [0.5, 0.6) is 0 Å². The van der Waals surface area contributed by atoms with Crippen molar-refractivity contribution >= 4 is 127 Å². The Kier molecular flexibility index (Phi) is 4.43. The average molecular weight is 517 g/mol.